The zero-order valence-electron chi connectivity index (χ0n) is 18.0. The summed E-state index contributed by atoms with van der Waals surface area (Å²) in [5.41, 5.74) is 1.53. The highest BCUT2D eigenvalue weighted by Gasteiger charge is 2.26. The monoisotopic (exact) mass is 451 g/mol. The molecule has 3 aromatic rings. The van der Waals surface area contributed by atoms with Gasteiger partial charge in [0.1, 0.15) is 5.75 Å². The molecule has 1 saturated carbocycles. The lowest BCUT2D eigenvalue weighted by Gasteiger charge is -2.26. The maximum atomic E-state index is 12.9. The van der Waals surface area contributed by atoms with Gasteiger partial charge in [0.05, 0.1) is 18.4 Å². The van der Waals surface area contributed by atoms with Crippen molar-refractivity contribution in [3.8, 4) is 28.6 Å². The van der Waals surface area contributed by atoms with E-state index in [-0.39, 0.29) is 18.3 Å². The van der Waals surface area contributed by atoms with Crippen LogP contribution in [0.2, 0.25) is 0 Å². The summed E-state index contributed by atoms with van der Waals surface area (Å²) in [6, 6.07) is 13.5. The molecular formula is C24H25N3O4S. The van der Waals surface area contributed by atoms with Crippen molar-refractivity contribution in [1.82, 2.24) is 14.8 Å². The molecule has 0 N–H and O–H groups in total. The maximum absolute atomic E-state index is 12.9. The van der Waals surface area contributed by atoms with Gasteiger partial charge in [-0.2, -0.15) is 0 Å². The van der Waals surface area contributed by atoms with Crippen LogP contribution in [0.4, 0.5) is 0 Å². The van der Waals surface area contributed by atoms with Crippen LogP contribution < -0.4 is 14.2 Å². The molecule has 8 heteroatoms. The molecule has 0 unspecified atom stereocenters. The predicted octanol–water partition coefficient (Wildman–Crippen LogP) is 5.16. The Morgan fingerprint density at radius 3 is 2.75 bits per heavy atom. The van der Waals surface area contributed by atoms with Crippen LogP contribution >= 0.6 is 11.8 Å². The molecule has 7 nitrogen and oxygen atoms in total. The van der Waals surface area contributed by atoms with E-state index in [9.17, 15) is 4.79 Å². The lowest BCUT2D eigenvalue weighted by molar-refractivity contribution is 0.102. The lowest BCUT2D eigenvalue weighted by Crippen LogP contribution is -2.16. The average Bonchev–Trinajstić information content (AvgIpc) is 3.49. The number of methoxy groups -OCH3 is 1. The smallest absolute Gasteiger partial charge is 0.231 e. The summed E-state index contributed by atoms with van der Waals surface area (Å²) in [5.74, 6) is 3.15. The molecule has 1 aromatic heterocycles. The van der Waals surface area contributed by atoms with Crippen molar-refractivity contribution in [2.75, 3.05) is 19.7 Å². The van der Waals surface area contributed by atoms with E-state index < -0.39 is 0 Å². The maximum Gasteiger partial charge on any atom is 0.231 e. The number of benzene rings is 2. The first kappa shape index (κ1) is 20.9. The van der Waals surface area contributed by atoms with Gasteiger partial charge in [0.25, 0.3) is 0 Å². The molecule has 0 amide bonds. The fraction of sp³-hybridized carbons (Fsp3) is 0.375. The number of carbonyl (C=O) groups excluding carboxylic acids is 1. The normalized spacial score (nSPS) is 15.7. The third kappa shape index (κ3) is 4.07. The van der Waals surface area contributed by atoms with Gasteiger partial charge in [-0.15, -0.1) is 10.2 Å². The van der Waals surface area contributed by atoms with Gasteiger partial charge >= 0.3 is 0 Å². The number of nitrogens with zero attached hydrogens (tertiary/aromatic N) is 3. The van der Waals surface area contributed by atoms with Crippen molar-refractivity contribution in [2.24, 2.45) is 0 Å². The standard InChI is InChI=1S/C24H25N3O4S/c1-29-20-10-6-5-9-18(20)23-25-26-24(27(23)17-7-3-2-4-8-17)32-14-19(28)16-11-12-21-22(13-16)31-15-30-21/h5-6,9-13,17H,2-4,7-8,14-15H2,1H3. The Morgan fingerprint density at radius 2 is 1.91 bits per heavy atom. The lowest BCUT2D eigenvalue weighted by atomic mass is 9.95. The molecule has 166 valence electrons. The first-order valence-electron chi connectivity index (χ1n) is 10.9. The van der Waals surface area contributed by atoms with E-state index in [4.69, 9.17) is 14.2 Å². The van der Waals surface area contributed by atoms with Crippen LogP contribution in [0.15, 0.2) is 47.6 Å². The molecular weight excluding hydrogens is 426 g/mol. The molecule has 32 heavy (non-hydrogen) atoms. The molecule has 0 radical (unpaired) electrons. The van der Waals surface area contributed by atoms with Crippen molar-refractivity contribution in [3.05, 3.63) is 48.0 Å². The van der Waals surface area contributed by atoms with Gasteiger partial charge in [-0.3, -0.25) is 9.36 Å². The summed E-state index contributed by atoms with van der Waals surface area (Å²) in [5, 5.41) is 9.79. The van der Waals surface area contributed by atoms with Gasteiger partial charge in [-0.25, -0.2) is 0 Å². The van der Waals surface area contributed by atoms with Crippen molar-refractivity contribution >= 4 is 17.5 Å². The van der Waals surface area contributed by atoms with Crippen LogP contribution in [0.5, 0.6) is 17.2 Å². The molecule has 0 bridgehead atoms. The molecule has 0 saturated heterocycles. The van der Waals surface area contributed by atoms with Crippen molar-refractivity contribution in [3.63, 3.8) is 0 Å². The van der Waals surface area contributed by atoms with Gasteiger partial charge < -0.3 is 14.2 Å². The second kappa shape index (κ2) is 9.24. The minimum Gasteiger partial charge on any atom is -0.496 e. The summed E-state index contributed by atoms with van der Waals surface area (Å²) >= 11 is 1.43. The third-order valence-corrected chi connectivity index (χ3v) is 6.92. The number of ether oxygens (including phenoxy) is 3. The molecule has 1 aliphatic heterocycles. The number of fused-ring (bicyclic) bond motifs is 1. The van der Waals surface area contributed by atoms with E-state index in [0.717, 1.165) is 35.1 Å². The van der Waals surface area contributed by atoms with Gasteiger partial charge in [0.2, 0.25) is 6.79 Å². The molecule has 1 fully saturated rings. The van der Waals surface area contributed by atoms with Gasteiger partial charge in [0, 0.05) is 11.6 Å². The Balaban J connectivity index is 1.42. The molecule has 2 aliphatic rings. The Hall–Kier alpha value is -3.00. The van der Waals surface area contributed by atoms with Gasteiger partial charge in [0.15, 0.2) is 28.3 Å². The van der Waals surface area contributed by atoms with E-state index in [2.05, 4.69) is 14.8 Å². The minimum atomic E-state index is 0.0188. The predicted molar refractivity (Wildman–Crippen MR) is 122 cm³/mol. The van der Waals surface area contributed by atoms with E-state index in [1.807, 2.05) is 24.3 Å². The number of hydrogen-bond acceptors (Lipinski definition) is 7. The van der Waals surface area contributed by atoms with E-state index in [0.29, 0.717) is 23.1 Å². The summed E-state index contributed by atoms with van der Waals surface area (Å²) in [6.07, 6.45) is 5.81. The first-order valence-corrected chi connectivity index (χ1v) is 11.9. The average molecular weight is 452 g/mol. The Labute approximate surface area is 191 Å². The van der Waals surface area contributed by atoms with E-state index >= 15 is 0 Å². The molecule has 1 aliphatic carbocycles. The number of para-hydroxylation sites is 1. The highest BCUT2D eigenvalue weighted by atomic mass is 32.2. The molecule has 5 rings (SSSR count). The zero-order chi connectivity index (χ0) is 21.9. The molecule has 0 atom stereocenters. The van der Waals surface area contributed by atoms with E-state index in [1.165, 1.54) is 31.0 Å². The SMILES string of the molecule is COc1ccccc1-c1nnc(SCC(=O)c2ccc3c(c2)OCO3)n1C1CCCCC1. The summed E-state index contributed by atoms with van der Waals surface area (Å²) in [7, 11) is 1.67. The number of aromatic nitrogens is 3. The van der Waals surface area contributed by atoms with Crippen LogP contribution in [-0.4, -0.2) is 40.2 Å². The number of carbonyl (C=O) groups is 1. The van der Waals surface area contributed by atoms with Crippen molar-refractivity contribution < 1.29 is 19.0 Å². The first-order chi connectivity index (χ1) is 15.7. The highest BCUT2D eigenvalue weighted by molar-refractivity contribution is 7.99. The molecule has 2 aromatic carbocycles. The fourth-order valence-corrected chi connectivity index (χ4v) is 5.24. The second-order valence-electron chi connectivity index (χ2n) is 7.95. The number of Topliss-reactive ketones (excluding diaryl/α,β-unsaturated/α-hetero) is 1. The second-order valence-corrected chi connectivity index (χ2v) is 8.89. The van der Waals surface area contributed by atoms with Crippen LogP contribution in [0, 0.1) is 0 Å². The van der Waals surface area contributed by atoms with Crippen molar-refractivity contribution in [2.45, 2.75) is 43.3 Å². The number of rotatable bonds is 7. The Bertz CT molecular complexity index is 1120. The number of ketones is 1. The summed E-state index contributed by atoms with van der Waals surface area (Å²) in [6.45, 7) is 0.192. The topological polar surface area (TPSA) is 75.5 Å². The van der Waals surface area contributed by atoms with Crippen LogP contribution in [0.1, 0.15) is 48.5 Å². The minimum absolute atomic E-state index is 0.0188. The Morgan fingerprint density at radius 1 is 1.09 bits per heavy atom. The van der Waals surface area contributed by atoms with Crippen LogP contribution in [0.25, 0.3) is 11.4 Å². The van der Waals surface area contributed by atoms with Crippen LogP contribution in [-0.2, 0) is 0 Å². The van der Waals surface area contributed by atoms with Gasteiger partial charge in [-0.05, 0) is 43.2 Å². The number of hydrogen-bond donors (Lipinski definition) is 0. The molecule has 0 spiro atoms. The van der Waals surface area contributed by atoms with E-state index in [1.54, 1.807) is 25.3 Å². The Kier molecular flexibility index (Phi) is 6.03. The zero-order valence-corrected chi connectivity index (χ0v) is 18.8. The van der Waals surface area contributed by atoms with Gasteiger partial charge in [-0.1, -0.05) is 43.2 Å². The molecule has 2 heterocycles. The summed E-state index contributed by atoms with van der Waals surface area (Å²) in [4.78, 5) is 12.9. The quantitative estimate of drug-likeness (QED) is 0.363. The largest absolute Gasteiger partial charge is 0.496 e. The highest BCUT2D eigenvalue weighted by Crippen LogP contribution is 2.38. The van der Waals surface area contributed by atoms with Crippen LogP contribution in [0.3, 0.4) is 0 Å². The van der Waals surface area contributed by atoms with Crippen molar-refractivity contribution in [1.29, 1.82) is 0 Å². The summed E-state index contributed by atoms with van der Waals surface area (Å²) < 4.78 is 18.5. The number of thioether (sulfide) groups is 1. The fourth-order valence-electron chi connectivity index (χ4n) is 4.34. The third-order valence-electron chi connectivity index (χ3n) is 5.98.